The van der Waals surface area contributed by atoms with Crippen molar-refractivity contribution < 1.29 is 9.32 Å². The van der Waals surface area contributed by atoms with E-state index in [0.717, 1.165) is 40.8 Å². The Kier molecular flexibility index (Phi) is 6.91. The zero-order chi connectivity index (χ0) is 25.9. The van der Waals surface area contributed by atoms with E-state index in [0.29, 0.717) is 18.3 Å². The highest BCUT2D eigenvalue weighted by Crippen LogP contribution is 2.38. The number of aromatic nitrogens is 2. The van der Waals surface area contributed by atoms with Gasteiger partial charge in [-0.25, -0.2) is 4.79 Å². The van der Waals surface area contributed by atoms with Gasteiger partial charge in [-0.2, -0.15) is 4.98 Å². The molecule has 0 saturated carbocycles. The molecule has 1 aliphatic heterocycles. The van der Waals surface area contributed by atoms with E-state index in [1.54, 1.807) is 4.90 Å². The Labute approximate surface area is 218 Å². The van der Waals surface area contributed by atoms with E-state index in [1.165, 1.54) is 16.7 Å². The Morgan fingerprint density at radius 3 is 2.05 bits per heavy atom. The zero-order valence-electron chi connectivity index (χ0n) is 21.8. The second kappa shape index (κ2) is 10.4. The molecular weight excluding hydrogens is 460 g/mol. The maximum absolute atomic E-state index is 13.4. The molecule has 6 nitrogen and oxygen atoms in total. The fraction of sp³-hybridized carbons (Fsp3) is 0.258. The molecule has 3 aromatic carbocycles. The van der Waals surface area contributed by atoms with Crippen LogP contribution >= 0.6 is 0 Å². The molecule has 2 heterocycles. The van der Waals surface area contributed by atoms with Gasteiger partial charge >= 0.3 is 6.03 Å². The van der Waals surface area contributed by atoms with Crippen molar-refractivity contribution in [3.63, 3.8) is 0 Å². The van der Waals surface area contributed by atoms with Crippen molar-refractivity contribution in [3.8, 4) is 11.4 Å². The maximum atomic E-state index is 13.4. The average molecular weight is 493 g/mol. The Bertz CT molecular complexity index is 1420. The van der Waals surface area contributed by atoms with E-state index in [9.17, 15) is 4.79 Å². The lowest BCUT2D eigenvalue weighted by molar-refractivity contribution is 0.203. The van der Waals surface area contributed by atoms with Crippen LogP contribution in [0.1, 0.15) is 60.5 Å². The van der Waals surface area contributed by atoms with Gasteiger partial charge in [-0.05, 0) is 48.9 Å². The van der Waals surface area contributed by atoms with Crippen LogP contribution in [0.25, 0.3) is 17.0 Å². The van der Waals surface area contributed by atoms with Crippen molar-refractivity contribution in [2.45, 2.75) is 53.1 Å². The normalized spacial score (nSPS) is 15.7. The average Bonchev–Trinajstić information content (AvgIpc) is 3.41. The van der Waals surface area contributed by atoms with E-state index in [-0.39, 0.29) is 6.03 Å². The Hall–Kier alpha value is -4.19. The summed E-state index contributed by atoms with van der Waals surface area (Å²) in [5.41, 5.74) is 8.19. The molecule has 5 rings (SSSR count). The summed E-state index contributed by atoms with van der Waals surface area (Å²) in [4.78, 5) is 19.9. The van der Waals surface area contributed by atoms with Crippen molar-refractivity contribution in [2.24, 2.45) is 0 Å². The van der Waals surface area contributed by atoms with Crippen LogP contribution in [0.4, 0.5) is 4.79 Å². The summed E-state index contributed by atoms with van der Waals surface area (Å²) in [6.07, 6.45) is 1.92. The first-order valence-corrected chi connectivity index (χ1v) is 12.8. The van der Waals surface area contributed by atoms with Gasteiger partial charge in [-0.3, -0.25) is 4.90 Å². The Morgan fingerprint density at radius 1 is 0.838 bits per heavy atom. The van der Waals surface area contributed by atoms with Gasteiger partial charge in [0.15, 0.2) is 0 Å². The lowest BCUT2D eigenvalue weighted by atomic mass is 9.93. The van der Waals surface area contributed by atoms with Gasteiger partial charge in [0.2, 0.25) is 5.82 Å². The van der Waals surface area contributed by atoms with E-state index >= 15 is 0 Å². The quantitative estimate of drug-likeness (QED) is 0.306. The summed E-state index contributed by atoms with van der Waals surface area (Å²) in [5.74, 6) is 0.936. The number of carbonyl (C=O) groups is 1. The third-order valence-electron chi connectivity index (χ3n) is 7.06. The van der Waals surface area contributed by atoms with Gasteiger partial charge in [0.25, 0.3) is 5.89 Å². The van der Waals surface area contributed by atoms with Crippen LogP contribution < -0.4 is 5.32 Å². The van der Waals surface area contributed by atoms with Crippen LogP contribution in [0, 0.1) is 6.92 Å². The number of benzene rings is 3. The Morgan fingerprint density at radius 2 is 1.43 bits per heavy atom. The number of carbonyl (C=O) groups excluding carboxylic acids is 1. The summed E-state index contributed by atoms with van der Waals surface area (Å²) in [6.45, 7) is 8.71. The largest absolute Gasteiger partial charge is 0.334 e. The third kappa shape index (κ3) is 5.05. The summed E-state index contributed by atoms with van der Waals surface area (Å²) in [6, 6.07) is 24.2. The van der Waals surface area contributed by atoms with Crippen LogP contribution in [0.3, 0.4) is 0 Å². The molecule has 1 atom stereocenters. The lowest BCUT2D eigenvalue weighted by Crippen LogP contribution is -2.45. The van der Waals surface area contributed by atoms with E-state index in [2.05, 4.69) is 91.9 Å². The van der Waals surface area contributed by atoms with Crippen LogP contribution in [0.15, 0.2) is 83.0 Å². The number of nitrogens with one attached hydrogen (secondary N) is 1. The second-order valence-electron chi connectivity index (χ2n) is 9.52. The molecule has 37 heavy (non-hydrogen) atoms. The first kappa shape index (κ1) is 24.5. The first-order valence-electron chi connectivity index (χ1n) is 12.8. The molecule has 0 saturated heterocycles. The number of nitrogens with zero attached hydrogens (tertiary/aromatic N) is 3. The van der Waals surface area contributed by atoms with Crippen LogP contribution in [0.5, 0.6) is 0 Å². The number of hydrogen-bond acceptors (Lipinski definition) is 4. The molecule has 0 radical (unpaired) electrons. The predicted octanol–water partition coefficient (Wildman–Crippen LogP) is 6.87. The molecule has 0 spiro atoms. The van der Waals surface area contributed by atoms with Gasteiger partial charge in [0.1, 0.15) is 0 Å². The Balaban J connectivity index is 1.56. The maximum Gasteiger partial charge on any atom is 0.322 e. The van der Waals surface area contributed by atoms with Gasteiger partial charge in [-0.1, -0.05) is 97.4 Å². The topological polar surface area (TPSA) is 71.3 Å². The first-order chi connectivity index (χ1) is 18.0. The molecule has 2 amide bonds. The number of aryl methyl sites for hydroxylation is 3. The molecule has 188 valence electrons. The molecule has 1 aliphatic rings. The second-order valence-corrected chi connectivity index (χ2v) is 9.52. The zero-order valence-corrected chi connectivity index (χ0v) is 21.8. The minimum Gasteiger partial charge on any atom is -0.334 e. The van der Waals surface area contributed by atoms with E-state index in [4.69, 9.17) is 9.51 Å². The predicted molar refractivity (Wildman–Crippen MR) is 146 cm³/mol. The highest BCUT2D eigenvalue weighted by Gasteiger charge is 2.35. The fourth-order valence-electron chi connectivity index (χ4n) is 4.66. The lowest BCUT2D eigenvalue weighted by Gasteiger charge is -2.35. The molecule has 0 bridgehead atoms. The summed E-state index contributed by atoms with van der Waals surface area (Å²) < 4.78 is 5.83. The van der Waals surface area contributed by atoms with Crippen LogP contribution in [-0.4, -0.2) is 21.1 Å². The molecule has 4 aromatic rings. The molecular formula is C31H32N4O2. The van der Waals surface area contributed by atoms with Gasteiger partial charge < -0.3 is 9.84 Å². The number of hydrogen-bond donors (Lipinski definition) is 1. The molecule has 1 unspecified atom stereocenters. The molecule has 0 fully saturated rings. The monoisotopic (exact) mass is 492 g/mol. The van der Waals surface area contributed by atoms with Gasteiger partial charge in [-0.15, -0.1) is 0 Å². The van der Waals surface area contributed by atoms with Crippen LogP contribution in [-0.2, 0) is 19.4 Å². The van der Waals surface area contributed by atoms with E-state index < -0.39 is 6.04 Å². The van der Waals surface area contributed by atoms with Crippen LogP contribution in [0.2, 0.25) is 0 Å². The van der Waals surface area contributed by atoms with Crippen molar-refractivity contribution >= 4 is 11.6 Å². The summed E-state index contributed by atoms with van der Waals surface area (Å²) in [7, 11) is 0. The van der Waals surface area contributed by atoms with E-state index in [1.807, 2.05) is 19.1 Å². The fourth-order valence-corrected chi connectivity index (χ4v) is 4.66. The van der Waals surface area contributed by atoms with Crippen molar-refractivity contribution in [3.05, 3.63) is 112 Å². The minimum absolute atomic E-state index is 0.152. The highest BCUT2D eigenvalue weighted by molar-refractivity contribution is 5.86. The minimum atomic E-state index is -0.400. The van der Waals surface area contributed by atoms with Gasteiger partial charge in [0, 0.05) is 11.3 Å². The standard InChI is InChI=1S/C31H32N4O2/c1-5-22-11-15-25(16-12-22)28-27(30-33-29(34-37-30)26-17-13-23(6-2)14-18-26)21(4)35(31(36)32-28)19-24-9-7-20(3)8-10-24/h7-18,28H,5-6,19H2,1-4H3,(H,32,36). The molecule has 6 heteroatoms. The molecule has 1 N–H and O–H groups in total. The smallest absolute Gasteiger partial charge is 0.322 e. The summed E-state index contributed by atoms with van der Waals surface area (Å²) in [5, 5.41) is 7.49. The SMILES string of the molecule is CCc1ccc(-c2noc(C3=C(C)N(Cc4ccc(C)cc4)C(=O)NC3c3ccc(CC)cc3)n2)cc1. The summed E-state index contributed by atoms with van der Waals surface area (Å²) >= 11 is 0. The molecule has 0 aliphatic carbocycles. The molecule has 1 aromatic heterocycles. The number of allylic oxidation sites excluding steroid dienone is 1. The third-order valence-corrected chi connectivity index (χ3v) is 7.06. The number of amides is 2. The highest BCUT2D eigenvalue weighted by atomic mass is 16.5. The van der Waals surface area contributed by atoms with Gasteiger partial charge in [0.05, 0.1) is 18.2 Å². The number of urea groups is 1. The van der Waals surface area contributed by atoms with Crippen molar-refractivity contribution in [1.29, 1.82) is 0 Å². The number of rotatable bonds is 7. The van der Waals surface area contributed by atoms with Crippen molar-refractivity contribution in [1.82, 2.24) is 20.4 Å². The van der Waals surface area contributed by atoms with Crippen molar-refractivity contribution in [2.75, 3.05) is 0 Å².